The lowest BCUT2D eigenvalue weighted by Crippen LogP contribution is -2.17. The lowest BCUT2D eigenvalue weighted by molar-refractivity contribution is 0.650. The van der Waals surface area contributed by atoms with Crippen molar-refractivity contribution < 1.29 is 0 Å². The molecule has 0 aliphatic rings. The van der Waals surface area contributed by atoms with Crippen LogP contribution in [0.4, 0.5) is 0 Å². The van der Waals surface area contributed by atoms with Gasteiger partial charge in [-0.25, -0.2) is 0 Å². The summed E-state index contributed by atoms with van der Waals surface area (Å²) >= 11 is 1.93. The van der Waals surface area contributed by atoms with Crippen LogP contribution in [0.2, 0.25) is 0 Å². The number of hydrogen-bond acceptors (Lipinski definition) is 2. The molecule has 17 heavy (non-hydrogen) atoms. The summed E-state index contributed by atoms with van der Waals surface area (Å²) in [6.45, 7) is 4.32. The zero-order valence-electron chi connectivity index (χ0n) is 10.5. The zero-order chi connectivity index (χ0) is 12.1. The maximum absolute atomic E-state index is 3.52. The molecule has 2 aromatic rings. The molecule has 1 aromatic heterocycles. The predicted octanol–water partition coefficient (Wildman–Crippen LogP) is 3.40. The molecule has 0 aliphatic heterocycles. The highest BCUT2D eigenvalue weighted by Gasteiger charge is 2.02. The average molecular weight is 248 g/mol. The normalized spacial score (nSPS) is 13.1. The molecule has 0 radical (unpaired) electrons. The summed E-state index contributed by atoms with van der Waals surface area (Å²) in [7, 11) is 0. The van der Waals surface area contributed by atoms with Crippen molar-refractivity contribution in [3.05, 3.63) is 36.0 Å². The van der Waals surface area contributed by atoms with Crippen LogP contribution in [0.3, 0.4) is 0 Å². The number of H-pyrrole nitrogens is 1. The number of rotatable bonds is 6. The van der Waals surface area contributed by atoms with Crippen LogP contribution in [0.5, 0.6) is 0 Å². The quantitative estimate of drug-likeness (QED) is 0.767. The van der Waals surface area contributed by atoms with Crippen molar-refractivity contribution in [3.8, 4) is 0 Å². The molecule has 0 fully saturated rings. The van der Waals surface area contributed by atoms with Crippen molar-refractivity contribution >= 4 is 22.7 Å². The third-order valence-electron chi connectivity index (χ3n) is 3.13. The lowest BCUT2D eigenvalue weighted by atomic mass is 10.1. The Morgan fingerprint density at radius 2 is 2.24 bits per heavy atom. The minimum absolute atomic E-state index is 0.741. The second-order valence-electron chi connectivity index (χ2n) is 4.37. The van der Waals surface area contributed by atoms with E-state index in [2.05, 4.69) is 47.7 Å². The highest BCUT2D eigenvalue weighted by Crippen LogP contribution is 2.17. The fraction of sp³-hybridized carbons (Fsp3) is 0.429. The smallest absolute Gasteiger partial charge is 0.0457 e. The Morgan fingerprint density at radius 3 is 3.06 bits per heavy atom. The van der Waals surface area contributed by atoms with Gasteiger partial charge >= 0.3 is 0 Å². The molecule has 0 amide bonds. The highest BCUT2D eigenvalue weighted by molar-refractivity contribution is 7.99. The van der Waals surface area contributed by atoms with Gasteiger partial charge in [0.15, 0.2) is 0 Å². The lowest BCUT2D eigenvalue weighted by Gasteiger charge is -2.09. The van der Waals surface area contributed by atoms with Crippen LogP contribution >= 0.6 is 11.8 Å². The van der Waals surface area contributed by atoms with E-state index in [1.54, 1.807) is 0 Å². The molecule has 0 bridgehead atoms. The van der Waals surface area contributed by atoms with Gasteiger partial charge < -0.3 is 10.3 Å². The second-order valence-corrected chi connectivity index (χ2v) is 5.64. The first kappa shape index (κ1) is 12.5. The Labute approximate surface area is 107 Å². The van der Waals surface area contributed by atoms with Crippen molar-refractivity contribution in [2.45, 2.75) is 25.1 Å². The summed E-state index contributed by atoms with van der Waals surface area (Å²) in [5.74, 6) is 0. The largest absolute Gasteiger partial charge is 0.361 e. The van der Waals surface area contributed by atoms with Gasteiger partial charge in [0.05, 0.1) is 0 Å². The van der Waals surface area contributed by atoms with E-state index in [4.69, 9.17) is 0 Å². The first-order chi connectivity index (χ1) is 8.31. The fourth-order valence-corrected chi connectivity index (χ4v) is 2.30. The van der Waals surface area contributed by atoms with E-state index in [0.717, 1.165) is 18.3 Å². The minimum atomic E-state index is 0.741. The molecule has 0 spiro atoms. The van der Waals surface area contributed by atoms with Crippen LogP contribution in [0.15, 0.2) is 30.5 Å². The molecule has 0 saturated carbocycles. The van der Waals surface area contributed by atoms with Crippen molar-refractivity contribution in [2.75, 3.05) is 12.8 Å². The van der Waals surface area contributed by atoms with E-state index in [1.807, 2.05) is 18.0 Å². The maximum Gasteiger partial charge on any atom is 0.0457 e. The van der Waals surface area contributed by atoms with Crippen LogP contribution in [0.1, 0.15) is 18.9 Å². The van der Waals surface area contributed by atoms with E-state index in [-0.39, 0.29) is 0 Å². The third-order valence-corrected chi connectivity index (χ3v) is 4.17. The molecule has 1 aromatic carbocycles. The first-order valence-corrected chi connectivity index (χ1v) is 7.38. The molecule has 2 N–H and O–H groups in total. The molecule has 3 heteroatoms. The summed E-state index contributed by atoms with van der Waals surface area (Å²) in [6, 6.07) is 8.58. The molecule has 0 saturated heterocycles. The van der Waals surface area contributed by atoms with Gasteiger partial charge in [0, 0.05) is 28.9 Å². The molecular formula is C14H20N2S. The molecule has 0 aliphatic carbocycles. The molecule has 1 unspecified atom stereocenters. The van der Waals surface area contributed by atoms with Crippen molar-refractivity contribution in [2.24, 2.45) is 0 Å². The summed E-state index contributed by atoms with van der Waals surface area (Å²) in [6.07, 6.45) is 5.40. The number of aromatic amines is 1. The van der Waals surface area contributed by atoms with Crippen molar-refractivity contribution in [3.63, 3.8) is 0 Å². The van der Waals surface area contributed by atoms with E-state index >= 15 is 0 Å². The van der Waals surface area contributed by atoms with E-state index < -0.39 is 0 Å². The average Bonchev–Trinajstić information content (AvgIpc) is 2.83. The monoisotopic (exact) mass is 248 g/mol. The van der Waals surface area contributed by atoms with Gasteiger partial charge in [-0.2, -0.15) is 11.8 Å². The molecule has 1 atom stereocenters. The first-order valence-electron chi connectivity index (χ1n) is 6.09. The number of thioether (sulfide) groups is 1. The predicted molar refractivity (Wildman–Crippen MR) is 77.6 cm³/mol. The molecule has 2 rings (SSSR count). The molecular weight excluding hydrogens is 228 g/mol. The summed E-state index contributed by atoms with van der Waals surface area (Å²) in [5.41, 5.74) is 2.60. The van der Waals surface area contributed by atoms with Gasteiger partial charge in [0.2, 0.25) is 0 Å². The van der Waals surface area contributed by atoms with Crippen LogP contribution in [0, 0.1) is 0 Å². The summed E-state index contributed by atoms with van der Waals surface area (Å²) < 4.78 is 0. The van der Waals surface area contributed by atoms with E-state index in [9.17, 15) is 0 Å². The van der Waals surface area contributed by atoms with Crippen LogP contribution in [-0.2, 0) is 6.54 Å². The highest BCUT2D eigenvalue weighted by atomic mass is 32.2. The Balaban J connectivity index is 1.88. The van der Waals surface area contributed by atoms with E-state index in [0.29, 0.717) is 0 Å². The second kappa shape index (κ2) is 6.12. The standard InChI is InChI=1S/C14H20N2S/c1-11(17-2)6-8-15-10-12-4-3-5-14-13(12)7-9-16-14/h3-5,7,9,11,15-16H,6,8,10H2,1-2H3. The minimum Gasteiger partial charge on any atom is -0.361 e. The number of aromatic nitrogens is 1. The van der Waals surface area contributed by atoms with Crippen LogP contribution in [0.25, 0.3) is 10.9 Å². The fourth-order valence-electron chi connectivity index (χ4n) is 1.95. The topological polar surface area (TPSA) is 27.8 Å². The Kier molecular flexibility index (Phi) is 4.51. The SMILES string of the molecule is CSC(C)CCNCc1cccc2[nH]ccc12. The zero-order valence-corrected chi connectivity index (χ0v) is 11.3. The van der Waals surface area contributed by atoms with Gasteiger partial charge in [0.25, 0.3) is 0 Å². The Bertz CT molecular complexity index is 464. The van der Waals surface area contributed by atoms with Gasteiger partial charge in [-0.05, 0) is 36.9 Å². The number of benzene rings is 1. The van der Waals surface area contributed by atoms with Crippen molar-refractivity contribution in [1.29, 1.82) is 0 Å². The number of hydrogen-bond donors (Lipinski definition) is 2. The Hall–Kier alpha value is -0.930. The molecule has 2 nitrogen and oxygen atoms in total. The molecule has 92 valence electrons. The van der Waals surface area contributed by atoms with Gasteiger partial charge in [-0.3, -0.25) is 0 Å². The van der Waals surface area contributed by atoms with Gasteiger partial charge in [-0.1, -0.05) is 19.1 Å². The number of nitrogens with one attached hydrogen (secondary N) is 2. The van der Waals surface area contributed by atoms with Crippen LogP contribution < -0.4 is 5.32 Å². The van der Waals surface area contributed by atoms with Gasteiger partial charge in [0.1, 0.15) is 0 Å². The van der Waals surface area contributed by atoms with Crippen molar-refractivity contribution in [1.82, 2.24) is 10.3 Å². The molecule has 1 heterocycles. The maximum atomic E-state index is 3.52. The summed E-state index contributed by atoms with van der Waals surface area (Å²) in [5, 5.41) is 5.59. The van der Waals surface area contributed by atoms with E-state index in [1.165, 1.54) is 22.9 Å². The number of fused-ring (bicyclic) bond motifs is 1. The van der Waals surface area contributed by atoms with Gasteiger partial charge in [-0.15, -0.1) is 0 Å². The Morgan fingerprint density at radius 1 is 1.35 bits per heavy atom. The van der Waals surface area contributed by atoms with Crippen LogP contribution in [-0.4, -0.2) is 23.0 Å². The summed E-state index contributed by atoms with van der Waals surface area (Å²) in [4.78, 5) is 3.25. The third kappa shape index (κ3) is 3.27.